The van der Waals surface area contributed by atoms with Gasteiger partial charge in [-0.3, -0.25) is 0 Å². The van der Waals surface area contributed by atoms with Gasteiger partial charge >= 0.3 is 0 Å². The van der Waals surface area contributed by atoms with Crippen LogP contribution in [-0.2, 0) is 5.75 Å². The third kappa shape index (κ3) is 4.26. The average molecular weight is 320 g/mol. The predicted molar refractivity (Wildman–Crippen MR) is 95.2 cm³/mol. The highest BCUT2D eigenvalue weighted by molar-refractivity contribution is 7.98. The first-order valence-electron chi connectivity index (χ1n) is 7.13. The molecule has 0 fully saturated rings. The van der Waals surface area contributed by atoms with Crippen LogP contribution in [0.2, 0.25) is 5.02 Å². The van der Waals surface area contributed by atoms with Gasteiger partial charge in [0, 0.05) is 22.6 Å². The lowest BCUT2D eigenvalue weighted by Crippen LogP contribution is -2.16. The van der Waals surface area contributed by atoms with Crippen LogP contribution in [0.25, 0.3) is 0 Å². The molecule has 1 unspecified atom stereocenters. The number of thioether (sulfide) groups is 1. The number of hydrogen-bond donors (Lipinski definition) is 1. The van der Waals surface area contributed by atoms with Crippen molar-refractivity contribution in [1.29, 1.82) is 0 Å². The Morgan fingerprint density at radius 3 is 2.33 bits per heavy atom. The molecule has 2 N–H and O–H groups in total. The maximum atomic E-state index is 6.40. The van der Waals surface area contributed by atoms with Crippen molar-refractivity contribution in [3.63, 3.8) is 0 Å². The maximum Gasteiger partial charge on any atom is 0.0446 e. The lowest BCUT2D eigenvalue weighted by Gasteiger charge is -2.18. The van der Waals surface area contributed by atoms with Gasteiger partial charge in [-0.15, -0.1) is 0 Å². The highest BCUT2D eigenvalue weighted by atomic mass is 35.5. The molecule has 0 saturated heterocycles. The topological polar surface area (TPSA) is 26.0 Å². The summed E-state index contributed by atoms with van der Waals surface area (Å²) in [5.41, 5.74) is 12.7. The molecule has 2 rings (SSSR count). The third-order valence-electron chi connectivity index (χ3n) is 3.62. The van der Waals surface area contributed by atoms with Gasteiger partial charge < -0.3 is 5.73 Å². The van der Waals surface area contributed by atoms with Crippen LogP contribution in [0, 0.1) is 20.8 Å². The van der Waals surface area contributed by atoms with Crippen molar-refractivity contribution in [2.75, 3.05) is 5.75 Å². The summed E-state index contributed by atoms with van der Waals surface area (Å²) in [7, 11) is 0. The second-order valence-corrected chi connectivity index (χ2v) is 6.96. The number of hydrogen-bond acceptors (Lipinski definition) is 2. The second-order valence-electron chi connectivity index (χ2n) is 5.53. The Morgan fingerprint density at radius 2 is 1.71 bits per heavy atom. The van der Waals surface area contributed by atoms with E-state index in [1.165, 1.54) is 27.8 Å². The number of rotatable bonds is 5. The van der Waals surface area contributed by atoms with E-state index >= 15 is 0 Å². The van der Waals surface area contributed by atoms with E-state index in [4.69, 9.17) is 17.3 Å². The van der Waals surface area contributed by atoms with Crippen LogP contribution in [0.5, 0.6) is 0 Å². The summed E-state index contributed by atoms with van der Waals surface area (Å²) < 4.78 is 0. The highest BCUT2D eigenvalue weighted by Gasteiger charge is 2.13. The molecular formula is C18H22ClNS. The molecule has 0 aliphatic carbocycles. The molecule has 0 saturated carbocycles. The normalized spacial score (nSPS) is 12.4. The molecule has 1 nitrogen and oxygen atoms in total. The minimum absolute atomic E-state index is 0.0677. The minimum Gasteiger partial charge on any atom is -0.323 e. The van der Waals surface area contributed by atoms with E-state index in [0.29, 0.717) is 0 Å². The van der Waals surface area contributed by atoms with Gasteiger partial charge in [0.2, 0.25) is 0 Å². The maximum absolute atomic E-state index is 6.40. The molecule has 2 aromatic rings. The van der Waals surface area contributed by atoms with Crippen molar-refractivity contribution in [2.24, 2.45) is 5.73 Å². The van der Waals surface area contributed by atoms with Crippen LogP contribution < -0.4 is 5.73 Å². The molecule has 21 heavy (non-hydrogen) atoms. The second kappa shape index (κ2) is 7.35. The summed E-state index contributed by atoms with van der Waals surface area (Å²) in [4.78, 5) is 0. The van der Waals surface area contributed by atoms with E-state index in [1.54, 1.807) is 0 Å². The Balaban J connectivity index is 2.00. The number of aryl methyl sites for hydroxylation is 3. The Bertz CT molecular complexity index is 601. The number of nitrogens with two attached hydrogens (primary N) is 1. The smallest absolute Gasteiger partial charge is 0.0446 e. The lowest BCUT2D eigenvalue weighted by molar-refractivity contribution is 0.812. The molecule has 1 atom stereocenters. The molecule has 0 spiro atoms. The largest absolute Gasteiger partial charge is 0.323 e. The van der Waals surface area contributed by atoms with Crippen molar-refractivity contribution in [1.82, 2.24) is 0 Å². The first kappa shape index (κ1) is 16.4. The Hall–Kier alpha value is -0.960. The molecule has 0 amide bonds. The van der Waals surface area contributed by atoms with Crippen molar-refractivity contribution in [2.45, 2.75) is 32.6 Å². The zero-order valence-electron chi connectivity index (χ0n) is 12.8. The van der Waals surface area contributed by atoms with E-state index in [1.807, 2.05) is 30.0 Å². The van der Waals surface area contributed by atoms with Crippen LogP contribution in [0.3, 0.4) is 0 Å². The van der Waals surface area contributed by atoms with Crippen LogP contribution in [0.15, 0.2) is 36.4 Å². The van der Waals surface area contributed by atoms with Gasteiger partial charge in [0.1, 0.15) is 0 Å². The number of halogens is 1. The lowest BCUT2D eigenvalue weighted by atomic mass is 9.95. The van der Waals surface area contributed by atoms with Gasteiger partial charge in [-0.25, -0.2) is 0 Å². The number of benzene rings is 2. The van der Waals surface area contributed by atoms with E-state index in [-0.39, 0.29) is 6.04 Å². The zero-order valence-corrected chi connectivity index (χ0v) is 14.4. The van der Waals surface area contributed by atoms with Gasteiger partial charge in [-0.2, -0.15) is 11.8 Å². The molecular weight excluding hydrogens is 298 g/mol. The highest BCUT2D eigenvalue weighted by Crippen LogP contribution is 2.27. The SMILES string of the molecule is Cc1cc(C)c(C(N)CSCc2ccccc2Cl)c(C)c1. The fourth-order valence-corrected chi connectivity index (χ4v) is 4.06. The van der Waals surface area contributed by atoms with Crippen molar-refractivity contribution >= 4 is 23.4 Å². The van der Waals surface area contributed by atoms with E-state index < -0.39 is 0 Å². The monoisotopic (exact) mass is 319 g/mol. The molecule has 0 aliphatic rings. The molecule has 0 bridgehead atoms. The molecule has 0 heterocycles. The summed E-state index contributed by atoms with van der Waals surface area (Å²) >= 11 is 8.02. The van der Waals surface area contributed by atoms with Gasteiger partial charge in [-0.1, -0.05) is 47.5 Å². The first-order valence-corrected chi connectivity index (χ1v) is 8.66. The van der Waals surface area contributed by atoms with Crippen LogP contribution in [0.4, 0.5) is 0 Å². The van der Waals surface area contributed by atoms with Crippen LogP contribution in [0.1, 0.15) is 33.9 Å². The minimum atomic E-state index is 0.0677. The van der Waals surface area contributed by atoms with Gasteiger partial charge in [0.15, 0.2) is 0 Å². The predicted octanol–water partition coefficient (Wildman–Crippen LogP) is 5.20. The van der Waals surface area contributed by atoms with E-state index in [0.717, 1.165) is 16.5 Å². The Labute approximate surface area is 136 Å². The van der Waals surface area contributed by atoms with Gasteiger partial charge in [-0.05, 0) is 49.1 Å². The molecule has 0 aromatic heterocycles. The summed E-state index contributed by atoms with van der Waals surface area (Å²) in [6, 6.07) is 12.5. The van der Waals surface area contributed by atoms with E-state index in [9.17, 15) is 0 Å². The van der Waals surface area contributed by atoms with E-state index in [2.05, 4.69) is 39.0 Å². The molecule has 2 aromatic carbocycles. The Morgan fingerprint density at radius 1 is 1.10 bits per heavy atom. The molecule has 3 heteroatoms. The zero-order chi connectivity index (χ0) is 15.4. The average Bonchev–Trinajstić information content (AvgIpc) is 2.39. The van der Waals surface area contributed by atoms with Crippen molar-refractivity contribution in [3.05, 3.63) is 69.2 Å². The Kier molecular flexibility index (Phi) is 5.74. The van der Waals surface area contributed by atoms with Crippen molar-refractivity contribution < 1.29 is 0 Å². The van der Waals surface area contributed by atoms with Gasteiger partial charge in [0.05, 0.1) is 0 Å². The first-order chi connectivity index (χ1) is 9.99. The third-order valence-corrected chi connectivity index (χ3v) is 5.10. The summed E-state index contributed by atoms with van der Waals surface area (Å²) in [6.07, 6.45) is 0. The van der Waals surface area contributed by atoms with Crippen LogP contribution >= 0.6 is 23.4 Å². The molecule has 0 aliphatic heterocycles. The van der Waals surface area contributed by atoms with Gasteiger partial charge in [0.25, 0.3) is 0 Å². The molecule has 112 valence electrons. The summed E-state index contributed by atoms with van der Waals surface area (Å²) in [5, 5.41) is 0.835. The fraction of sp³-hybridized carbons (Fsp3) is 0.333. The quantitative estimate of drug-likeness (QED) is 0.819. The standard InChI is InChI=1S/C18H22ClNS/c1-12-8-13(2)18(14(3)9-12)17(20)11-21-10-15-6-4-5-7-16(15)19/h4-9,17H,10-11,20H2,1-3H3. The fourth-order valence-electron chi connectivity index (χ4n) is 2.77. The summed E-state index contributed by atoms with van der Waals surface area (Å²) in [6.45, 7) is 6.42. The van der Waals surface area contributed by atoms with Crippen molar-refractivity contribution in [3.8, 4) is 0 Å². The summed E-state index contributed by atoms with van der Waals surface area (Å²) in [5.74, 6) is 1.80. The van der Waals surface area contributed by atoms with Crippen LogP contribution in [-0.4, -0.2) is 5.75 Å². The molecule has 0 radical (unpaired) electrons.